The smallest absolute Gasteiger partial charge is 0.245 e. The van der Waals surface area contributed by atoms with E-state index in [4.69, 9.17) is 0 Å². The molecule has 2 aromatic carbocycles. The zero-order valence-electron chi connectivity index (χ0n) is 17.6. The van der Waals surface area contributed by atoms with E-state index in [-0.39, 0.29) is 16.6 Å². The van der Waals surface area contributed by atoms with Crippen LogP contribution in [0.4, 0.5) is 9.52 Å². The molecule has 9 heteroatoms. The number of nitrogens with one attached hydrogen (secondary N) is 1. The Labute approximate surface area is 191 Å². The number of nitrogens with zero attached hydrogens (tertiary/aromatic N) is 2. The average Bonchev–Trinajstić information content (AvgIpc) is 3.27. The summed E-state index contributed by atoms with van der Waals surface area (Å²) >= 11 is 1.32. The Hall–Kier alpha value is -2.62. The van der Waals surface area contributed by atoms with Crippen molar-refractivity contribution in [2.75, 3.05) is 25.0 Å². The molecule has 4 rings (SSSR count). The number of hydrogen-bond acceptors (Lipinski definition) is 6. The minimum absolute atomic E-state index is 0.0414. The molecule has 1 saturated heterocycles. The van der Waals surface area contributed by atoms with Crippen molar-refractivity contribution in [2.45, 2.75) is 24.7 Å². The molecule has 0 saturated carbocycles. The molecule has 0 radical (unpaired) electrons. The number of aromatic nitrogens is 1. The van der Waals surface area contributed by atoms with Gasteiger partial charge in [-0.25, -0.2) is 17.8 Å². The molecule has 1 fully saturated rings. The number of piperidine rings is 1. The Morgan fingerprint density at radius 3 is 2.56 bits per heavy atom. The number of carbonyl (C=O) groups excluding carboxylic acids is 1. The summed E-state index contributed by atoms with van der Waals surface area (Å²) < 4.78 is 40.8. The molecule has 0 atom stereocenters. The van der Waals surface area contributed by atoms with Crippen LogP contribution in [-0.4, -0.2) is 43.1 Å². The minimum Gasteiger partial charge on any atom is -0.361 e. The molecule has 0 aliphatic carbocycles. The van der Waals surface area contributed by atoms with Gasteiger partial charge >= 0.3 is 0 Å². The Morgan fingerprint density at radius 1 is 1.16 bits per heavy atom. The molecule has 6 nitrogen and oxygen atoms in total. The summed E-state index contributed by atoms with van der Waals surface area (Å²) in [5, 5.41) is 3.95. The molecule has 1 aliphatic heterocycles. The highest BCUT2D eigenvalue weighted by Crippen LogP contribution is 2.27. The fraction of sp³-hybridized carbons (Fsp3) is 0.304. The molecule has 168 valence electrons. The first-order valence-corrected chi connectivity index (χ1v) is 12.7. The van der Waals surface area contributed by atoms with E-state index < -0.39 is 15.8 Å². The third-order valence-electron chi connectivity index (χ3n) is 5.69. The molecule has 3 aromatic rings. The fourth-order valence-corrected chi connectivity index (χ4v) is 6.11. The van der Waals surface area contributed by atoms with Crippen LogP contribution in [0.1, 0.15) is 33.6 Å². The lowest BCUT2D eigenvalue weighted by molar-refractivity contribution is 0.104. The normalized spacial score (nSPS) is 15.6. The molecular formula is C23H24FN3O3S2. The quantitative estimate of drug-likeness (QED) is 0.517. The van der Waals surface area contributed by atoms with E-state index in [2.05, 4.69) is 10.3 Å². The summed E-state index contributed by atoms with van der Waals surface area (Å²) in [5.74, 6) is -0.502. The van der Waals surface area contributed by atoms with Gasteiger partial charge in [0.1, 0.15) is 10.7 Å². The molecule has 0 unspecified atom stereocenters. The van der Waals surface area contributed by atoms with Crippen molar-refractivity contribution in [3.05, 3.63) is 76.5 Å². The van der Waals surface area contributed by atoms with Crippen molar-refractivity contribution in [3.63, 3.8) is 0 Å². The maximum atomic E-state index is 14.0. The van der Waals surface area contributed by atoms with Crippen LogP contribution in [0.3, 0.4) is 0 Å². The van der Waals surface area contributed by atoms with Gasteiger partial charge in [-0.2, -0.15) is 4.31 Å². The van der Waals surface area contributed by atoms with Gasteiger partial charge in [-0.15, -0.1) is 0 Å². The zero-order chi connectivity index (χ0) is 22.7. The molecule has 2 heterocycles. The Bertz CT molecular complexity index is 1220. The van der Waals surface area contributed by atoms with Crippen LogP contribution in [0.5, 0.6) is 0 Å². The first kappa shape index (κ1) is 22.6. The fourth-order valence-electron chi connectivity index (χ4n) is 3.80. The second-order valence-electron chi connectivity index (χ2n) is 7.83. The summed E-state index contributed by atoms with van der Waals surface area (Å²) in [6, 6.07) is 12.9. The van der Waals surface area contributed by atoms with Crippen molar-refractivity contribution >= 4 is 32.3 Å². The molecular weight excluding hydrogens is 449 g/mol. The highest BCUT2D eigenvalue weighted by Gasteiger charge is 2.31. The van der Waals surface area contributed by atoms with E-state index in [0.29, 0.717) is 48.0 Å². The monoisotopic (exact) mass is 473 g/mol. The Kier molecular flexibility index (Phi) is 6.68. The van der Waals surface area contributed by atoms with Gasteiger partial charge in [0.15, 0.2) is 5.13 Å². The predicted molar refractivity (Wildman–Crippen MR) is 123 cm³/mol. The second-order valence-corrected chi connectivity index (χ2v) is 10.8. The number of benzene rings is 2. The van der Waals surface area contributed by atoms with Gasteiger partial charge in [-0.3, -0.25) is 4.79 Å². The second kappa shape index (κ2) is 9.48. The van der Waals surface area contributed by atoms with E-state index in [1.54, 1.807) is 6.20 Å². The van der Waals surface area contributed by atoms with E-state index in [1.807, 2.05) is 31.2 Å². The van der Waals surface area contributed by atoms with Gasteiger partial charge in [0.25, 0.3) is 0 Å². The summed E-state index contributed by atoms with van der Waals surface area (Å²) in [5.41, 5.74) is 1.60. The maximum absolute atomic E-state index is 14.0. The van der Waals surface area contributed by atoms with Crippen LogP contribution in [0.2, 0.25) is 0 Å². The van der Waals surface area contributed by atoms with Crippen LogP contribution in [0.25, 0.3) is 0 Å². The lowest BCUT2D eigenvalue weighted by Gasteiger charge is -2.31. The number of halogens is 1. The standard InChI is InChI=1S/C23H24FN3O3S2/c1-16-6-2-3-7-18(16)22(28)20-15-26-23(31-20)25-14-17-10-12-27(13-11-17)32(29,30)21-9-5-4-8-19(21)24/h2-9,15,17H,10-14H2,1H3,(H,25,26). The topological polar surface area (TPSA) is 79.4 Å². The maximum Gasteiger partial charge on any atom is 0.245 e. The lowest BCUT2D eigenvalue weighted by atomic mass is 9.98. The van der Waals surface area contributed by atoms with Crippen LogP contribution in [-0.2, 0) is 10.0 Å². The van der Waals surface area contributed by atoms with E-state index in [9.17, 15) is 17.6 Å². The van der Waals surface area contributed by atoms with Gasteiger partial charge in [0, 0.05) is 25.2 Å². The van der Waals surface area contributed by atoms with Crippen molar-refractivity contribution < 1.29 is 17.6 Å². The van der Waals surface area contributed by atoms with Crippen LogP contribution < -0.4 is 5.32 Å². The van der Waals surface area contributed by atoms with Gasteiger partial charge in [0.2, 0.25) is 15.8 Å². The number of thiazole rings is 1. The summed E-state index contributed by atoms with van der Waals surface area (Å²) in [6.07, 6.45) is 2.92. The van der Waals surface area contributed by atoms with Crippen LogP contribution in [0, 0.1) is 18.7 Å². The molecule has 1 aromatic heterocycles. The largest absolute Gasteiger partial charge is 0.361 e. The SMILES string of the molecule is Cc1ccccc1C(=O)c1cnc(NCC2CCN(S(=O)(=O)c3ccccc3F)CC2)s1. The molecule has 0 spiro atoms. The average molecular weight is 474 g/mol. The number of aryl methyl sites for hydroxylation is 1. The first-order chi connectivity index (χ1) is 15.4. The number of rotatable bonds is 7. The van der Waals surface area contributed by atoms with Crippen LogP contribution in [0.15, 0.2) is 59.6 Å². The van der Waals surface area contributed by atoms with Gasteiger partial charge in [0.05, 0.1) is 11.1 Å². The molecule has 0 bridgehead atoms. The molecule has 32 heavy (non-hydrogen) atoms. The third kappa shape index (κ3) is 4.74. The third-order valence-corrected chi connectivity index (χ3v) is 8.57. The molecule has 1 N–H and O–H groups in total. The highest BCUT2D eigenvalue weighted by atomic mass is 32.2. The zero-order valence-corrected chi connectivity index (χ0v) is 19.3. The van der Waals surface area contributed by atoms with Crippen LogP contribution >= 0.6 is 11.3 Å². The Balaban J connectivity index is 1.32. The van der Waals surface area contributed by atoms with Gasteiger partial charge < -0.3 is 5.32 Å². The van der Waals surface area contributed by atoms with E-state index in [1.165, 1.54) is 33.8 Å². The number of carbonyl (C=O) groups is 1. The van der Waals surface area contributed by atoms with Gasteiger partial charge in [-0.05, 0) is 43.4 Å². The minimum atomic E-state index is -3.83. The van der Waals surface area contributed by atoms with Crippen molar-refractivity contribution in [1.29, 1.82) is 0 Å². The molecule has 1 aliphatic rings. The van der Waals surface area contributed by atoms with Crippen molar-refractivity contribution in [1.82, 2.24) is 9.29 Å². The summed E-state index contributed by atoms with van der Waals surface area (Å²) in [7, 11) is -3.83. The molecule has 0 amide bonds. The number of anilines is 1. The summed E-state index contributed by atoms with van der Waals surface area (Å²) in [4.78, 5) is 17.3. The van der Waals surface area contributed by atoms with Crippen molar-refractivity contribution in [2.24, 2.45) is 5.92 Å². The predicted octanol–water partition coefficient (Wildman–Crippen LogP) is 4.33. The number of ketones is 1. The van der Waals surface area contributed by atoms with Crippen molar-refractivity contribution in [3.8, 4) is 0 Å². The number of sulfonamides is 1. The first-order valence-electron chi connectivity index (χ1n) is 10.4. The van der Waals surface area contributed by atoms with E-state index >= 15 is 0 Å². The van der Waals surface area contributed by atoms with E-state index in [0.717, 1.165) is 11.6 Å². The summed E-state index contributed by atoms with van der Waals surface area (Å²) in [6.45, 7) is 3.24. The lowest BCUT2D eigenvalue weighted by Crippen LogP contribution is -2.40. The number of hydrogen-bond donors (Lipinski definition) is 1. The highest BCUT2D eigenvalue weighted by molar-refractivity contribution is 7.89. The Morgan fingerprint density at radius 2 is 1.84 bits per heavy atom. The van der Waals surface area contributed by atoms with Gasteiger partial charge in [-0.1, -0.05) is 47.7 Å².